The molecule has 2 nitrogen and oxygen atoms in total. The van der Waals surface area contributed by atoms with Gasteiger partial charge in [-0.05, 0) is 13.8 Å². The highest BCUT2D eigenvalue weighted by atomic mass is 127. The summed E-state index contributed by atoms with van der Waals surface area (Å²) >= 11 is 2.04. The van der Waals surface area contributed by atoms with Crippen LogP contribution >= 0.6 is 22.6 Å². The summed E-state index contributed by atoms with van der Waals surface area (Å²) in [5.74, 6) is 0.0564. The highest BCUT2D eigenvalue weighted by molar-refractivity contribution is 14.1. The summed E-state index contributed by atoms with van der Waals surface area (Å²) in [6.45, 7) is 9.31. The molecule has 0 saturated carbocycles. The van der Waals surface area contributed by atoms with Gasteiger partial charge in [0, 0.05) is 5.92 Å². The molecular weight excluding hydrogens is 267 g/mol. The predicted octanol–water partition coefficient (Wildman–Crippen LogP) is 2.56. The molecular formula is C9H15IO2. The number of hydrogen-bond acceptors (Lipinski definition) is 2. The zero-order chi connectivity index (χ0) is 9.72. The van der Waals surface area contributed by atoms with Crippen LogP contribution in [-0.2, 0) is 9.53 Å². The lowest BCUT2D eigenvalue weighted by molar-refractivity contribution is -0.148. The zero-order valence-corrected chi connectivity index (χ0v) is 9.87. The first-order chi connectivity index (χ1) is 5.49. The standard InChI is InChI=1S/C9H15IO2/c1-5-6(2)8(4)12-9(11)7(3)10/h5-8H,1H2,2-4H3/t6-,7?,8-/m0/s1. The van der Waals surface area contributed by atoms with Crippen molar-refractivity contribution in [3.63, 3.8) is 0 Å². The van der Waals surface area contributed by atoms with Gasteiger partial charge in [-0.3, -0.25) is 4.79 Å². The molecule has 0 aliphatic rings. The molecule has 0 aromatic rings. The van der Waals surface area contributed by atoms with E-state index in [9.17, 15) is 4.79 Å². The van der Waals surface area contributed by atoms with Gasteiger partial charge in [0.15, 0.2) is 0 Å². The molecule has 0 aliphatic heterocycles. The summed E-state index contributed by atoms with van der Waals surface area (Å²) in [7, 11) is 0. The Bertz CT molecular complexity index is 166. The van der Waals surface area contributed by atoms with Gasteiger partial charge in [0.25, 0.3) is 0 Å². The van der Waals surface area contributed by atoms with Crippen molar-refractivity contribution in [3.8, 4) is 0 Å². The molecule has 70 valence electrons. The Kier molecular flexibility index (Phi) is 5.53. The molecule has 0 N–H and O–H groups in total. The van der Waals surface area contributed by atoms with E-state index in [-0.39, 0.29) is 21.9 Å². The summed E-state index contributed by atoms with van der Waals surface area (Å²) in [6, 6.07) is 0. The lowest BCUT2D eigenvalue weighted by Gasteiger charge is -2.17. The number of carbonyl (C=O) groups excluding carboxylic acids is 1. The second-order valence-corrected chi connectivity index (χ2v) is 4.72. The van der Waals surface area contributed by atoms with Crippen LogP contribution in [0.3, 0.4) is 0 Å². The number of hydrogen-bond donors (Lipinski definition) is 0. The van der Waals surface area contributed by atoms with Crippen LogP contribution in [0.2, 0.25) is 0 Å². The number of carbonyl (C=O) groups is 1. The molecule has 1 unspecified atom stereocenters. The quantitative estimate of drug-likeness (QED) is 0.343. The number of esters is 1. The molecule has 0 bridgehead atoms. The van der Waals surface area contributed by atoms with Crippen LogP contribution in [0.25, 0.3) is 0 Å². The zero-order valence-electron chi connectivity index (χ0n) is 7.71. The third kappa shape index (κ3) is 4.09. The van der Waals surface area contributed by atoms with E-state index in [4.69, 9.17) is 4.74 Å². The summed E-state index contributed by atoms with van der Waals surface area (Å²) in [5.41, 5.74) is 0. The minimum absolute atomic E-state index is 0.0767. The van der Waals surface area contributed by atoms with Crippen LogP contribution in [0.4, 0.5) is 0 Å². The first-order valence-corrected chi connectivity index (χ1v) is 5.20. The van der Waals surface area contributed by atoms with Crippen molar-refractivity contribution in [1.82, 2.24) is 0 Å². The Morgan fingerprint density at radius 2 is 2.00 bits per heavy atom. The number of ether oxygens (including phenoxy) is 1. The molecule has 0 spiro atoms. The van der Waals surface area contributed by atoms with Gasteiger partial charge >= 0.3 is 5.97 Å². The van der Waals surface area contributed by atoms with Crippen molar-refractivity contribution in [2.75, 3.05) is 0 Å². The van der Waals surface area contributed by atoms with Gasteiger partial charge in [0.1, 0.15) is 10.0 Å². The Labute approximate surface area is 87.5 Å². The molecule has 0 saturated heterocycles. The fraction of sp³-hybridized carbons (Fsp3) is 0.667. The molecule has 0 aliphatic carbocycles. The Morgan fingerprint density at radius 3 is 2.33 bits per heavy atom. The van der Waals surface area contributed by atoms with Crippen molar-refractivity contribution < 1.29 is 9.53 Å². The third-order valence-electron chi connectivity index (χ3n) is 1.74. The first kappa shape index (κ1) is 11.9. The van der Waals surface area contributed by atoms with Crippen LogP contribution in [-0.4, -0.2) is 16.0 Å². The summed E-state index contributed by atoms with van der Waals surface area (Å²) in [4.78, 5) is 11.1. The highest BCUT2D eigenvalue weighted by Gasteiger charge is 2.16. The van der Waals surface area contributed by atoms with Crippen molar-refractivity contribution >= 4 is 28.6 Å². The van der Waals surface area contributed by atoms with Crippen LogP contribution in [0.5, 0.6) is 0 Å². The Morgan fingerprint density at radius 1 is 1.50 bits per heavy atom. The van der Waals surface area contributed by atoms with Crippen molar-refractivity contribution in [3.05, 3.63) is 12.7 Å². The molecule has 0 radical (unpaired) electrons. The minimum atomic E-state index is -0.156. The fourth-order valence-electron chi connectivity index (χ4n) is 0.576. The summed E-state index contributed by atoms with van der Waals surface area (Å²) in [6.07, 6.45) is 1.71. The van der Waals surface area contributed by atoms with E-state index >= 15 is 0 Å². The Hall–Kier alpha value is -0.0600. The largest absolute Gasteiger partial charge is 0.461 e. The highest BCUT2D eigenvalue weighted by Crippen LogP contribution is 2.11. The van der Waals surface area contributed by atoms with Gasteiger partial charge in [0.2, 0.25) is 0 Å². The van der Waals surface area contributed by atoms with Crippen LogP contribution in [0.15, 0.2) is 12.7 Å². The summed E-state index contributed by atoms with van der Waals surface area (Å²) < 4.78 is 5.07. The average Bonchev–Trinajstić information content (AvgIpc) is 2.02. The fourth-order valence-corrected chi connectivity index (χ4v) is 0.723. The number of rotatable bonds is 4. The van der Waals surface area contributed by atoms with Crippen LogP contribution < -0.4 is 0 Å². The topological polar surface area (TPSA) is 26.3 Å². The second kappa shape index (κ2) is 5.56. The molecule has 3 atom stereocenters. The maximum absolute atomic E-state index is 11.1. The normalized spacial score (nSPS) is 17.7. The van der Waals surface area contributed by atoms with Gasteiger partial charge in [-0.2, -0.15) is 0 Å². The molecule has 3 heteroatoms. The van der Waals surface area contributed by atoms with Gasteiger partial charge < -0.3 is 4.74 Å². The SMILES string of the molecule is C=C[C@H](C)[C@H](C)OC(=O)C(C)I. The molecule has 0 rings (SSSR count). The van der Waals surface area contributed by atoms with Gasteiger partial charge in [0.05, 0.1) is 0 Å². The maximum Gasteiger partial charge on any atom is 0.318 e. The first-order valence-electron chi connectivity index (χ1n) is 3.96. The van der Waals surface area contributed by atoms with Gasteiger partial charge in [-0.1, -0.05) is 35.6 Å². The number of alkyl halides is 1. The number of halogens is 1. The van der Waals surface area contributed by atoms with Crippen molar-refractivity contribution in [2.24, 2.45) is 5.92 Å². The molecule has 0 aromatic carbocycles. The molecule has 0 amide bonds. The van der Waals surface area contributed by atoms with Crippen LogP contribution in [0.1, 0.15) is 20.8 Å². The monoisotopic (exact) mass is 282 g/mol. The lowest BCUT2D eigenvalue weighted by atomic mass is 10.1. The van der Waals surface area contributed by atoms with Gasteiger partial charge in [-0.25, -0.2) is 0 Å². The van der Waals surface area contributed by atoms with E-state index in [0.29, 0.717) is 0 Å². The lowest BCUT2D eigenvalue weighted by Crippen LogP contribution is -2.24. The van der Waals surface area contributed by atoms with Crippen molar-refractivity contribution in [2.45, 2.75) is 30.8 Å². The third-order valence-corrected chi connectivity index (χ3v) is 2.25. The molecule has 0 fully saturated rings. The molecule has 0 heterocycles. The van der Waals surface area contributed by atoms with E-state index < -0.39 is 0 Å². The van der Waals surface area contributed by atoms with Crippen LogP contribution in [0, 0.1) is 5.92 Å². The van der Waals surface area contributed by atoms with E-state index in [0.717, 1.165) is 0 Å². The average molecular weight is 282 g/mol. The summed E-state index contributed by atoms with van der Waals surface area (Å²) in [5, 5.41) is 0. The van der Waals surface area contributed by atoms with E-state index in [1.807, 2.05) is 43.4 Å². The van der Waals surface area contributed by atoms with E-state index in [2.05, 4.69) is 6.58 Å². The second-order valence-electron chi connectivity index (χ2n) is 2.85. The smallest absolute Gasteiger partial charge is 0.318 e. The molecule has 12 heavy (non-hydrogen) atoms. The Balaban J connectivity index is 3.91. The molecule has 0 aromatic heterocycles. The van der Waals surface area contributed by atoms with E-state index in [1.54, 1.807) is 6.08 Å². The minimum Gasteiger partial charge on any atom is -0.461 e. The van der Waals surface area contributed by atoms with Crippen molar-refractivity contribution in [1.29, 1.82) is 0 Å². The predicted molar refractivity (Wildman–Crippen MR) is 58.4 cm³/mol. The maximum atomic E-state index is 11.1. The van der Waals surface area contributed by atoms with E-state index in [1.165, 1.54) is 0 Å². The van der Waals surface area contributed by atoms with Gasteiger partial charge in [-0.15, -0.1) is 6.58 Å².